The van der Waals surface area contributed by atoms with Crippen LogP contribution in [0, 0.1) is 13.8 Å². The van der Waals surface area contributed by atoms with E-state index in [-0.39, 0.29) is 17.1 Å². The van der Waals surface area contributed by atoms with Crippen LogP contribution in [0.1, 0.15) is 30.5 Å². The molecule has 2 aromatic rings. The number of nitrogens with zero attached hydrogens (tertiary/aromatic N) is 1. The van der Waals surface area contributed by atoms with E-state index in [0.29, 0.717) is 26.8 Å². The molecule has 1 aliphatic heterocycles. The van der Waals surface area contributed by atoms with E-state index >= 15 is 0 Å². The lowest BCUT2D eigenvalue weighted by atomic mass is 10.1. The fourth-order valence-electron chi connectivity index (χ4n) is 2.92. The molecule has 0 unspecified atom stereocenters. The molecule has 0 aromatic heterocycles. The van der Waals surface area contributed by atoms with Crippen molar-refractivity contribution in [2.24, 2.45) is 0 Å². The van der Waals surface area contributed by atoms with Gasteiger partial charge in [-0.05, 0) is 48.7 Å². The normalized spacial score (nSPS) is 14.8. The fraction of sp³-hybridized carbons (Fsp3) is 0.238. The summed E-state index contributed by atoms with van der Waals surface area (Å²) in [7, 11) is 0. The molecule has 1 aliphatic rings. The maximum absolute atomic E-state index is 13.3. The van der Waals surface area contributed by atoms with Crippen LogP contribution in [-0.2, 0) is 9.59 Å². The van der Waals surface area contributed by atoms with E-state index in [9.17, 15) is 9.59 Å². The third-order valence-corrected chi connectivity index (χ3v) is 5.68. The number of anilines is 1. The quantitative estimate of drug-likeness (QED) is 0.663. The number of amides is 2. The van der Waals surface area contributed by atoms with Gasteiger partial charge in [0.05, 0.1) is 16.2 Å². The van der Waals surface area contributed by atoms with Gasteiger partial charge in [0.25, 0.3) is 11.8 Å². The van der Waals surface area contributed by atoms with Crippen LogP contribution in [0.25, 0.3) is 5.57 Å². The molecule has 0 atom stereocenters. The lowest BCUT2D eigenvalue weighted by Gasteiger charge is -2.19. The second-order valence-corrected chi connectivity index (χ2v) is 8.57. The van der Waals surface area contributed by atoms with Gasteiger partial charge in [0, 0.05) is 10.3 Å². The molecule has 26 heavy (non-hydrogen) atoms. The SMILES string of the molecule is Cc1cccc(N2C(=O)C(SC(C)C)=C(c3ccc(Cl)cc3)C2=O)c1C. The Hall–Kier alpha value is -2.04. The molecule has 0 spiro atoms. The van der Waals surface area contributed by atoms with E-state index < -0.39 is 0 Å². The van der Waals surface area contributed by atoms with Crippen LogP contribution in [-0.4, -0.2) is 17.1 Å². The smallest absolute Gasteiger partial charge is 0.268 e. The van der Waals surface area contributed by atoms with Gasteiger partial charge in [-0.3, -0.25) is 9.59 Å². The summed E-state index contributed by atoms with van der Waals surface area (Å²) < 4.78 is 0. The van der Waals surface area contributed by atoms with Crippen molar-refractivity contribution in [3.05, 3.63) is 69.1 Å². The van der Waals surface area contributed by atoms with Gasteiger partial charge >= 0.3 is 0 Å². The highest BCUT2D eigenvalue weighted by Gasteiger charge is 2.41. The zero-order valence-corrected chi connectivity index (χ0v) is 16.7. The highest BCUT2D eigenvalue weighted by atomic mass is 35.5. The molecule has 1 heterocycles. The molecule has 2 amide bonds. The number of aryl methyl sites for hydroxylation is 1. The third kappa shape index (κ3) is 3.31. The Morgan fingerprint density at radius 1 is 0.962 bits per heavy atom. The zero-order chi connectivity index (χ0) is 19.0. The maximum Gasteiger partial charge on any atom is 0.272 e. The number of thioether (sulfide) groups is 1. The minimum atomic E-state index is -0.283. The summed E-state index contributed by atoms with van der Waals surface area (Å²) in [5, 5.41) is 0.776. The Morgan fingerprint density at radius 2 is 1.62 bits per heavy atom. The van der Waals surface area contributed by atoms with Crippen LogP contribution in [0.3, 0.4) is 0 Å². The van der Waals surface area contributed by atoms with Crippen molar-refractivity contribution < 1.29 is 9.59 Å². The Balaban J connectivity index is 2.14. The predicted octanol–water partition coefficient (Wildman–Crippen LogP) is 5.38. The number of benzene rings is 2. The largest absolute Gasteiger partial charge is 0.272 e. The Labute approximate surface area is 163 Å². The molecular formula is C21H20ClNO2S. The van der Waals surface area contributed by atoms with Crippen molar-refractivity contribution in [2.45, 2.75) is 32.9 Å². The summed E-state index contributed by atoms with van der Waals surface area (Å²) in [6, 6.07) is 12.7. The molecule has 0 aliphatic carbocycles. The standard InChI is InChI=1S/C21H20ClNO2S/c1-12(2)26-19-18(15-8-10-16(22)11-9-15)20(24)23(21(19)25)17-7-5-6-13(3)14(17)4/h5-12H,1-4H3. The Kier molecular flexibility index (Phi) is 5.26. The van der Waals surface area contributed by atoms with Gasteiger partial charge in [0.15, 0.2) is 0 Å². The number of carbonyl (C=O) groups is 2. The lowest BCUT2D eigenvalue weighted by molar-refractivity contribution is -0.119. The average Bonchev–Trinajstić information content (AvgIpc) is 2.82. The zero-order valence-electron chi connectivity index (χ0n) is 15.2. The van der Waals surface area contributed by atoms with Crippen LogP contribution in [0.15, 0.2) is 47.4 Å². The van der Waals surface area contributed by atoms with Gasteiger partial charge in [-0.2, -0.15) is 0 Å². The minimum absolute atomic E-state index is 0.183. The monoisotopic (exact) mass is 385 g/mol. The van der Waals surface area contributed by atoms with Gasteiger partial charge < -0.3 is 0 Å². The lowest BCUT2D eigenvalue weighted by Crippen LogP contribution is -2.32. The maximum atomic E-state index is 13.3. The van der Waals surface area contributed by atoms with Crippen molar-refractivity contribution in [2.75, 3.05) is 4.90 Å². The van der Waals surface area contributed by atoms with Crippen molar-refractivity contribution in [1.29, 1.82) is 0 Å². The molecule has 134 valence electrons. The van der Waals surface area contributed by atoms with Crippen molar-refractivity contribution in [3.8, 4) is 0 Å². The molecule has 0 fully saturated rings. The molecule has 0 N–H and O–H groups in total. The molecule has 0 bridgehead atoms. The van der Waals surface area contributed by atoms with Crippen LogP contribution in [0.5, 0.6) is 0 Å². The van der Waals surface area contributed by atoms with Crippen LogP contribution >= 0.6 is 23.4 Å². The van der Waals surface area contributed by atoms with Crippen molar-refractivity contribution in [1.82, 2.24) is 0 Å². The summed E-state index contributed by atoms with van der Waals surface area (Å²) in [6.45, 7) is 7.92. The first-order valence-electron chi connectivity index (χ1n) is 8.43. The molecule has 0 radical (unpaired) electrons. The number of hydrogen-bond donors (Lipinski definition) is 0. The number of hydrogen-bond acceptors (Lipinski definition) is 3. The van der Waals surface area contributed by atoms with Gasteiger partial charge in [0.2, 0.25) is 0 Å². The van der Waals surface area contributed by atoms with Crippen molar-refractivity contribution >= 4 is 46.4 Å². The van der Waals surface area contributed by atoms with Gasteiger partial charge in [-0.25, -0.2) is 4.90 Å². The number of imide groups is 1. The van der Waals surface area contributed by atoms with E-state index in [0.717, 1.165) is 11.1 Å². The van der Waals surface area contributed by atoms with Crippen LogP contribution < -0.4 is 4.90 Å². The highest BCUT2D eigenvalue weighted by Crippen LogP contribution is 2.41. The molecule has 0 saturated carbocycles. The first-order chi connectivity index (χ1) is 12.3. The van der Waals surface area contributed by atoms with Crippen molar-refractivity contribution in [3.63, 3.8) is 0 Å². The van der Waals surface area contributed by atoms with E-state index in [4.69, 9.17) is 11.6 Å². The van der Waals surface area contributed by atoms with Gasteiger partial charge in [-0.1, -0.05) is 49.7 Å². The molecule has 5 heteroatoms. The summed E-state index contributed by atoms with van der Waals surface area (Å²) >= 11 is 7.41. The summed E-state index contributed by atoms with van der Waals surface area (Å²) in [6.07, 6.45) is 0. The van der Waals surface area contributed by atoms with E-state index in [1.54, 1.807) is 24.3 Å². The van der Waals surface area contributed by atoms with E-state index in [2.05, 4.69) is 0 Å². The minimum Gasteiger partial charge on any atom is -0.268 e. The first-order valence-corrected chi connectivity index (χ1v) is 9.69. The summed E-state index contributed by atoms with van der Waals surface area (Å²) in [5.41, 5.74) is 3.78. The second kappa shape index (κ2) is 7.29. The third-order valence-electron chi connectivity index (χ3n) is 4.34. The molecule has 0 saturated heterocycles. The fourth-order valence-corrected chi connectivity index (χ4v) is 4.03. The molecule has 3 rings (SSSR count). The van der Waals surface area contributed by atoms with Gasteiger partial charge in [-0.15, -0.1) is 11.8 Å². The van der Waals surface area contributed by atoms with Crippen LogP contribution in [0.2, 0.25) is 5.02 Å². The predicted molar refractivity (Wildman–Crippen MR) is 110 cm³/mol. The first kappa shape index (κ1) is 18.7. The molecule has 3 nitrogen and oxygen atoms in total. The van der Waals surface area contributed by atoms with E-state index in [1.807, 2.05) is 45.9 Å². The van der Waals surface area contributed by atoms with Crippen LogP contribution in [0.4, 0.5) is 5.69 Å². The number of rotatable bonds is 4. The average molecular weight is 386 g/mol. The second-order valence-electron chi connectivity index (χ2n) is 6.54. The molecular weight excluding hydrogens is 366 g/mol. The highest BCUT2D eigenvalue weighted by molar-refractivity contribution is 8.04. The van der Waals surface area contributed by atoms with Gasteiger partial charge in [0.1, 0.15) is 0 Å². The summed E-state index contributed by atoms with van der Waals surface area (Å²) in [5.74, 6) is -0.540. The molecule has 2 aromatic carbocycles. The number of halogens is 1. The summed E-state index contributed by atoms with van der Waals surface area (Å²) in [4.78, 5) is 28.2. The topological polar surface area (TPSA) is 37.4 Å². The Bertz CT molecular complexity index is 916. The Morgan fingerprint density at radius 3 is 2.23 bits per heavy atom. The van der Waals surface area contributed by atoms with E-state index in [1.165, 1.54) is 16.7 Å². The number of carbonyl (C=O) groups excluding carboxylic acids is 2.